The molecule has 1 N–H and O–H groups in total. The van der Waals surface area contributed by atoms with Gasteiger partial charge in [0.25, 0.3) is 5.69 Å². The predicted molar refractivity (Wildman–Crippen MR) is 89.1 cm³/mol. The summed E-state index contributed by atoms with van der Waals surface area (Å²) in [6, 6.07) is 6.05. The molecule has 2 aromatic rings. The monoisotopic (exact) mass is 312 g/mol. The van der Waals surface area contributed by atoms with E-state index in [1.807, 2.05) is 11.1 Å². The molecule has 0 atom stereocenters. The zero-order valence-electron chi connectivity index (χ0n) is 12.6. The van der Waals surface area contributed by atoms with Gasteiger partial charge in [0.05, 0.1) is 16.3 Å². The average molecular weight is 312 g/mol. The Bertz CT molecular complexity index is 821. The number of fused-ring (bicyclic) bond motifs is 1. The van der Waals surface area contributed by atoms with Crippen molar-refractivity contribution < 1.29 is 4.92 Å². The minimum atomic E-state index is -0.419. The van der Waals surface area contributed by atoms with Crippen LogP contribution < -0.4 is 15.6 Å². The molecule has 1 aliphatic rings. The van der Waals surface area contributed by atoms with Crippen molar-refractivity contribution in [3.05, 3.63) is 69.4 Å². The van der Waals surface area contributed by atoms with Crippen LogP contribution in [0.2, 0.25) is 0 Å². The van der Waals surface area contributed by atoms with E-state index in [9.17, 15) is 14.9 Å². The van der Waals surface area contributed by atoms with Crippen molar-refractivity contribution in [3.63, 3.8) is 0 Å². The minimum absolute atomic E-state index is 0.0216. The highest BCUT2D eigenvalue weighted by molar-refractivity contribution is 5.81. The van der Waals surface area contributed by atoms with Gasteiger partial charge < -0.3 is 14.8 Å². The van der Waals surface area contributed by atoms with Crippen LogP contribution in [0.15, 0.2) is 53.9 Å². The lowest BCUT2D eigenvalue weighted by Gasteiger charge is -2.27. The first-order valence-corrected chi connectivity index (χ1v) is 7.31. The molecular weight excluding hydrogens is 296 g/mol. The number of benzene rings is 1. The first kappa shape index (κ1) is 14.8. The smallest absolute Gasteiger partial charge is 0.295 e. The van der Waals surface area contributed by atoms with Crippen molar-refractivity contribution in [1.29, 1.82) is 0 Å². The fourth-order valence-corrected chi connectivity index (χ4v) is 2.58. The van der Waals surface area contributed by atoms with Gasteiger partial charge in [0.1, 0.15) is 5.69 Å². The zero-order valence-corrected chi connectivity index (χ0v) is 12.6. The molecule has 0 bridgehead atoms. The fraction of sp³-hybridized carbons (Fsp3) is 0.188. The molecule has 7 heteroatoms. The topological polar surface area (TPSA) is 80.4 Å². The van der Waals surface area contributed by atoms with Crippen LogP contribution in [0.1, 0.15) is 13.3 Å². The summed E-state index contributed by atoms with van der Waals surface area (Å²) in [5.41, 5.74) is 1.82. The number of pyridine rings is 1. The minimum Gasteiger partial charge on any atom is -0.358 e. The summed E-state index contributed by atoms with van der Waals surface area (Å²) in [7, 11) is 0. The summed E-state index contributed by atoms with van der Waals surface area (Å²) in [5.74, 6) is 0. The van der Waals surface area contributed by atoms with Crippen molar-refractivity contribution in [1.82, 2.24) is 4.57 Å². The standard InChI is InChI=1S/C16H16N4O3/c1-2-6-18-9-5-17-13-10-16(20(22)23)15(11-14(13)18)19-7-3-12(21)4-8-19/h3-5,7-11,17H,2,6H2,1H3. The maximum Gasteiger partial charge on any atom is 0.295 e. The van der Waals surface area contributed by atoms with Crippen LogP contribution in [0.25, 0.3) is 5.69 Å². The summed E-state index contributed by atoms with van der Waals surface area (Å²) in [5, 5.41) is 14.5. The van der Waals surface area contributed by atoms with Crippen LogP contribution in [0.3, 0.4) is 0 Å². The van der Waals surface area contributed by atoms with Crippen molar-refractivity contribution >= 4 is 17.1 Å². The third kappa shape index (κ3) is 2.80. The van der Waals surface area contributed by atoms with Gasteiger partial charge in [-0.25, -0.2) is 0 Å². The fourth-order valence-electron chi connectivity index (χ4n) is 2.58. The summed E-state index contributed by atoms with van der Waals surface area (Å²) < 4.78 is 1.59. The maximum atomic E-state index is 11.4. The molecule has 1 aliphatic heterocycles. The molecule has 0 radical (unpaired) electrons. The molecule has 23 heavy (non-hydrogen) atoms. The second-order valence-corrected chi connectivity index (χ2v) is 5.21. The van der Waals surface area contributed by atoms with Crippen molar-refractivity contribution in [2.45, 2.75) is 13.3 Å². The van der Waals surface area contributed by atoms with Gasteiger partial charge in [-0.3, -0.25) is 14.9 Å². The lowest BCUT2D eigenvalue weighted by molar-refractivity contribution is -0.384. The van der Waals surface area contributed by atoms with E-state index in [1.54, 1.807) is 16.8 Å². The molecule has 0 aliphatic carbocycles. The Morgan fingerprint density at radius 1 is 1.22 bits per heavy atom. The molecule has 1 aromatic carbocycles. The van der Waals surface area contributed by atoms with Gasteiger partial charge in [0.15, 0.2) is 5.43 Å². The van der Waals surface area contributed by atoms with Gasteiger partial charge in [-0.15, -0.1) is 0 Å². The van der Waals surface area contributed by atoms with Gasteiger partial charge in [-0.2, -0.15) is 0 Å². The first-order chi connectivity index (χ1) is 11.1. The highest BCUT2D eigenvalue weighted by Crippen LogP contribution is 2.37. The molecule has 1 aromatic heterocycles. The van der Waals surface area contributed by atoms with E-state index in [-0.39, 0.29) is 11.1 Å². The van der Waals surface area contributed by atoms with Crippen molar-refractivity contribution in [3.8, 4) is 5.69 Å². The Kier molecular flexibility index (Phi) is 3.84. The van der Waals surface area contributed by atoms with Crippen LogP contribution in [0.5, 0.6) is 0 Å². The van der Waals surface area contributed by atoms with E-state index < -0.39 is 4.92 Å². The number of hydrogen-bond donors (Lipinski definition) is 1. The summed E-state index contributed by atoms with van der Waals surface area (Å²) >= 11 is 0. The van der Waals surface area contributed by atoms with E-state index >= 15 is 0 Å². The van der Waals surface area contributed by atoms with Crippen LogP contribution in [-0.2, 0) is 0 Å². The zero-order chi connectivity index (χ0) is 16.4. The van der Waals surface area contributed by atoms with Gasteiger partial charge >= 0.3 is 0 Å². The largest absolute Gasteiger partial charge is 0.358 e. The van der Waals surface area contributed by atoms with Crippen LogP contribution in [0.4, 0.5) is 17.1 Å². The molecule has 0 saturated heterocycles. The Morgan fingerprint density at radius 3 is 2.61 bits per heavy atom. The van der Waals surface area contributed by atoms with E-state index in [0.717, 1.165) is 18.7 Å². The quantitative estimate of drug-likeness (QED) is 0.693. The maximum absolute atomic E-state index is 11.4. The normalized spacial score (nSPS) is 12.7. The van der Waals surface area contributed by atoms with Gasteiger partial charge in [-0.1, -0.05) is 6.92 Å². The molecular formula is C16H16N4O3. The van der Waals surface area contributed by atoms with Crippen molar-refractivity contribution in [2.24, 2.45) is 0 Å². The van der Waals surface area contributed by atoms with E-state index in [2.05, 4.69) is 12.2 Å². The number of anilines is 2. The summed E-state index contributed by atoms with van der Waals surface area (Å²) in [6.07, 6.45) is 7.70. The van der Waals surface area contributed by atoms with Gasteiger partial charge in [0, 0.05) is 49.5 Å². The third-order valence-corrected chi connectivity index (χ3v) is 3.63. The number of hydrogen-bond acceptors (Lipinski definition) is 5. The Labute approximate surface area is 132 Å². The lowest BCUT2D eigenvalue weighted by Crippen LogP contribution is -2.22. The van der Waals surface area contributed by atoms with Crippen LogP contribution in [-0.4, -0.2) is 16.0 Å². The molecule has 0 unspecified atom stereocenters. The summed E-state index contributed by atoms with van der Waals surface area (Å²) in [4.78, 5) is 24.3. The number of rotatable bonds is 4. The molecule has 0 fully saturated rings. The molecule has 7 nitrogen and oxygen atoms in total. The molecule has 0 spiro atoms. The Balaban J connectivity index is 2.18. The Morgan fingerprint density at radius 2 is 1.96 bits per heavy atom. The molecule has 3 rings (SSSR count). The second-order valence-electron chi connectivity index (χ2n) is 5.21. The number of nitro benzene ring substituents is 1. The van der Waals surface area contributed by atoms with Gasteiger partial charge in [-0.05, 0) is 12.5 Å². The van der Waals surface area contributed by atoms with Crippen LogP contribution >= 0.6 is 0 Å². The van der Waals surface area contributed by atoms with E-state index in [1.165, 1.54) is 30.6 Å². The number of nitrogens with one attached hydrogen (secondary N) is 1. The Hall–Kier alpha value is -3.09. The molecule has 118 valence electrons. The third-order valence-electron chi connectivity index (χ3n) is 3.63. The van der Waals surface area contributed by atoms with Gasteiger partial charge in [0.2, 0.25) is 0 Å². The van der Waals surface area contributed by atoms with E-state index in [4.69, 9.17) is 0 Å². The first-order valence-electron chi connectivity index (χ1n) is 7.31. The predicted octanol–water partition coefficient (Wildman–Crippen LogP) is 2.86. The van der Waals surface area contributed by atoms with Crippen molar-refractivity contribution in [2.75, 3.05) is 16.8 Å². The van der Waals surface area contributed by atoms with E-state index in [0.29, 0.717) is 11.4 Å². The average Bonchev–Trinajstić information content (AvgIpc) is 2.55. The number of aromatic nitrogens is 1. The second kappa shape index (κ2) is 5.96. The number of nitro groups is 1. The number of nitrogens with zero attached hydrogens (tertiary/aromatic N) is 3. The lowest BCUT2D eigenvalue weighted by atomic mass is 10.1. The SMILES string of the molecule is CCCN1C=CNc2cc([N+](=O)[O-])c(-n3ccc(=O)cc3)cc21. The molecule has 0 amide bonds. The highest BCUT2D eigenvalue weighted by Gasteiger charge is 2.22. The molecule has 2 heterocycles. The van der Waals surface area contributed by atoms with Crippen LogP contribution in [0, 0.1) is 10.1 Å². The molecule has 0 saturated carbocycles. The highest BCUT2D eigenvalue weighted by atomic mass is 16.6. The summed E-state index contributed by atoms with van der Waals surface area (Å²) in [6.45, 7) is 2.89.